The van der Waals surface area contributed by atoms with E-state index in [0.717, 1.165) is 17.4 Å². The first kappa shape index (κ1) is 18.7. The van der Waals surface area contributed by atoms with Gasteiger partial charge in [0.2, 0.25) is 11.8 Å². The SMILES string of the molecule is CN(C(=O)c1ccncc1)c1ccc(CNc2ncc([N+](=O)[O-])c(N)n2)cc1. The molecule has 28 heavy (non-hydrogen) atoms. The standard InChI is InChI=1S/C18H17N7O3/c1-24(17(26)13-6-8-20-9-7-13)14-4-2-12(3-5-14)10-21-18-22-11-15(25(27)28)16(19)23-18/h2-9,11H,10H2,1H3,(H3,19,21,22,23). The molecule has 10 nitrogen and oxygen atoms in total. The number of hydrogen-bond acceptors (Lipinski definition) is 8. The minimum absolute atomic E-state index is 0.136. The van der Waals surface area contributed by atoms with E-state index in [1.807, 2.05) is 24.3 Å². The number of nitro groups is 1. The number of rotatable bonds is 6. The maximum atomic E-state index is 12.5. The lowest BCUT2D eigenvalue weighted by molar-refractivity contribution is -0.384. The van der Waals surface area contributed by atoms with Crippen molar-refractivity contribution >= 4 is 29.0 Å². The number of nitrogens with zero attached hydrogens (tertiary/aromatic N) is 5. The maximum Gasteiger partial charge on any atom is 0.329 e. The molecule has 1 aromatic carbocycles. The van der Waals surface area contributed by atoms with Crippen molar-refractivity contribution in [3.8, 4) is 0 Å². The number of amides is 1. The lowest BCUT2D eigenvalue weighted by atomic mass is 10.1. The highest BCUT2D eigenvalue weighted by molar-refractivity contribution is 6.05. The largest absolute Gasteiger partial charge is 0.378 e. The second-order valence-corrected chi connectivity index (χ2v) is 5.84. The molecular weight excluding hydrogens is 362 g/mol. The molecule has 0 radical (unpaired) electrons. The number of nitrogens with one attached hydrogen (secondary N) is 1. The van der Waals surface area contributed by atoms with Gasteiger partial charge in [0.15, 0.2) is 0 Å². The molecule has 2 heterocycles. The molecule has 0 saturated carbocycles. The van der Waals surface area contributed by atoms with E-state index in [9.17, 15) is 14.9 Å². The first-order valence-corrected chi connectivity index (χ1v) is 8.23. The van der Waals surface area contributed by atoms with Crippen LogP contribution in [0.5, 0.6) is 0 Å². The van der Waals surface area contributed by atoms with Gasteiger partial charge in [-0.3, -0.25) is 19.9 Å². The van der Waals surface area contributed by atoms with Crippen molar-refractivity contribution < 1.29 is 9.72 Å². The Morgan fingerprint density at radius 1 is 1.21 bits per heavy atom. The highest BCUT2D eigenvalue weighted by Gasteiger charge is 2.15. The van der Waals surface area contributed by atoms with Gasteiger partial charge in [-0.2, -0.15) is 4.98 Å². The fourth-order valence-corrected chi connectivity index (χ4v) is 2.44. The fourth-order valence-electron chi connectivity index (χ4n) is 2.44. The first-order valence-electron chi connectivity index (χ1n) is 8.23. The first-order chi connectivity index (χ1) is 13.5. The highest BCUT2D eigenvalue weighted by atomic mass is 16.6. The summed E-state index contributed by atoms with van der Waals surface area (Å²) in [6.07, 6.45) is 4.21. The minimum atomic E-state index is -0.637. The second-order valence-electron chi connectivity index (χ2n) is 5.84. The number of carbonyl (C=O) groups is 1. The summed E-state index contributed by atoms with van der Waals surface area (Å²) in [5.41, 5.74) is 7.41. The van der Waals surface area contributed by atoms with E-state index >= 15 is 0 Å². The Kier molecular flexibility index (Phi) is 5.40. The number of nitrogen functional groups attached to an aromatic ring is 1. The van der Waals surface area contributed by atoms with Crippen LogP contribution in [0.4, 0.5) is 23.1 Å². The molecule has 0 aliphatic carbocycles. The number of aromatic nitrogens is 3. The van der Waals surface area contributed by atoms with Gasteiger partial charge in [-0.1, -0.05) is 12.1 Å². The Balaban J connectivity index is 1.64. The van der Waals surface area contributed by atoms with Crippen LogP contribution in [0.25, 0.3) is 0 Å². The van der Waals surface area contributed by atoms with Crippen LogP contribution in [0.1, 0.15) is 15.9 Å². The summed E-state index contributed by atoms with van der Waals surface area (Å²) >= 11 is 0. The molecule has 0 atom stereocenters. The third-order valence-electron chi connectivity index (χ3n) is 4.00. The van der Waals surface area contributed by atoms with Gasteiger partial charge in [-0.15, -0.1) is 0 Å². The number of nitrogens with two attached hydrogens (primary N) is 1. The third-order valence-corrected chi connectivity index (χ3v) is 4.00. The van der Waals surface area contributed by atoms with E-state index in [-0.39, 0.29) is 23.4 Å². The third kappa shape index (κ3) is 4.18. The van der Waals surface area contributed by atoms with Crippen LogP contribution in [-0.2, 0) is 6.54 Å². The quantitative estimate of drug-likeness (QED) is 0.491. The van der Waals surface area contributed by atoms with Crippen molar-refractivity contribution in [2.24, 2.45) is 0 Å². The summed E-state index contributed by atoms with van der Waals surface area (Å²) in [4.78, 5) is 35.8. The summed E-state index contributed by atoms with van der Waals surface area (Å²) in [6, 6.07) is 10.7. The van der Waals surface area contributed by atoms with Gasteiger partial charge in [0.05, 0.1) is 4.92 Å². The molecule has 10 heteroatoms. The lowest BCUT2D eigenvalue weighted by Gasteiger charge is -2.17. The van der Waals surface area contributed by atoms with Gasteiger partial charge >= 0.3 is 5.69 Å². The molecule has 1 amide bonds. The Morgan fingerprint density at radius 3 is 2.50 bits per heavy atom. The van der Waals surface area contributed by atoms with E-state index in [1.54, 1.807) is 36.5 Å². The molecular formula is C18H17N7O3. The molecule has 0 unspecified atom stereocenters. The Bertz CT molecular complexity index is 994. The molecule has 2 aromatic heterocycles. The molecule has 3 rings (SSSR count). The Labute approximate surface area is 160 Å². The zero-order chi connectivity index (χ0) is 20.1. The van der Waals surface area contributed by atoms with E-state index in [1.165, 1.54) is 0 Å². The van der Waals surface area contributed by atoms with E-state index in [4.69, 9.17) is 5.73 Å². The maximum absolute atomic E-state index is 12.5. The monoisotopic (exact) mass is 379 g/mol. The van der Waals surface area contributed by atoms with E-state index < -0.39 is 4.92 Å². The number of carbonyl (C=O) groups excluding carboxylic acids is 1. The van der Waals surface area contributed by atoms with Gasteiger partial charge in [0, 0.05) is 37.2 Å². The van der Waals surface area contributed by atoms with Crippen molar-refractivity contribution in [3.63, 3.8) is 0 Å². The molecule has 0 saturated heterocycles. The number of hydrogen-bond donors (Lipinski definition) is 2. The van der Waals surface area contributed by atoms with Gasteiger partial charge in [0.25, 0.3) is 5.91 Å². The van der Waals surface area contributed by atoms with Crippen LogP contribution in [0.15, 0.2) is 55.0 Å². The summed E-state index contributed by atoms with van der Waals surface area (Å²) in [5, 5.41) is 13.7. The van der Waals surface area contributed by atoms with Crippen molar-refractivity contribution in [3.05, 3.63) is 76.2 Å². The zero-order valence-corrected chi connectivity index (χ0v) is 14.9. The average Bonchev–Trinajstić information content (AvgIpc) is 2.72. The number of benzene rings is 1. The van der Waals surface area contributed by atoms with Crippen molar-refractivity contribution in [1.29, 1.82) is 0 Å². The van der Waals surface area contributed by atoms with Gasteiger partial charge in [-0.25, -0.2) is 4.98 Å². The predicted molar refractivity (Wildman–Crippen MR) is 104 cm³/mol. The van der Waals surface area contributed by atoms with Crippen molar-refractivity contribution in [1.82, 2.24) is 15.0 Å². The molecule has 0 spiro atoms. The predicted octanol–water partition coefficient (Wildman–Crippen LogP) is 2.25. The van der Waals surface area contributed by atoms with E-state index in [0.29, 0.717) is 12.1 Å². The lowest BCUT2D eigenvalue weighted by Crippen LogP contribution is -2.26. The van der Waals surface area contributed by atoms with Crippen molar-refractivity contribution in [2.45, 2.75) is 6.54 Å². The topological polar surface area (TPSA) is 140 Å². The normalized spacial score (nSPS) is 10.3. The molecule has 0 aliphatic rings. The minimum Gasteiger partial charge on any atom is -0.378 e. The fraction of sp³-hybridized carbons (Fsp3) is 0.111. The molecule has 0 bridgehead atoms. The van der Waals surface area contributed by atoms with Crippen LogP contribution in [0.3, 0.4) is 0 Å². The van der Waals surface area contributed by atoms with E-state index in [2.05, 4.69) is 20.3 Å². The molecule has 3 N–H and O–H groups in total. The highest BCUT2D eigenvalue weighted by Crippen LogP contribution is 2.19. The summed E-state index contributed by atoms with van der Waals surface area (Å²) in [7, 11) is 1.70. The second kappa shape index (κ2) is 8.08. The summed E-state index contributed by atoms with van der Waals surface area (Å²) in [6.45, 7) is 0.388. The summed E-state index contributed by atoms with van der Waals surface area (Å²) < 4.78 is 0. The van der Waals surface area contributed by atoms with Crippen molar-refractivity contribution in [2.75, 3.05) is 23.0 Å². The molecule has 142 valence electrons. The van der Waals surface area contributed by atoms with Crippen LogP contribution >= 0.6 is 0 Å². The number of anilines is 3. The number of pyridine rings is 1. The van der Waals surface area contributed by atoms with Crippen LogP contribution < -0.4 is 16.0 Å². The van der Waals surface area contributed by atoms with Gasteiger partial charge in [-0.05, 0) is 29.8 Å². The molecule has 3 aromatic rings. The smallest absolute Gasteiger partial charge is 0.329 e. The van der Waals surface area contributed by atoms with Gasteiger partial charge in [0.1, 0.15) is 6.20 Å². The molecule has 0 fully saturated rings. The Hall–Kier alpha value is -4.08. The zero-order valence-electron chi connectivity index (χ0n) is 14.9. The summed E-state index contributed by atoms with van der Waals surface area (Å²) in [5.74, 6) is -0.144. The molecule has 0 aliphatic heterocycles. The van der Waals surface area contributed by atoms with Crippen LogP contribution in [-0.4, -0.2) is 32.8 Å². The van der Waals surface area contributed by atoms with Crippen LogP contribution in [0, 0.1) is 10.1 Å². The van der Waals surface area contributed by atoms with Crippen LogP contribution in [0.2, 0.25) is 0 Å². The van der Waals surface area contributed by atoms with Gasteiger partial charge < -0.3 is 16.0 Å². The average molecular weight is 379 g/mol. The Morgan fingerprint density at radius 2 is 1.89 bits per heavy atom.